The molecule has 160 valence electrons. The van der Waals surface area contributed by atoms with Gasteiger partial charge in [0.1, 0.15) is 5.00 Å². The average molecular weight is 441 g/mol. The van der Waals surface area contributed by atoms with Crippen molar-refractivity contribution in [3.63, 3.8) is 0 Å². The SMILES string of the molecule is CCOC(=O)N1CCc2c(sc(NC(=O)c3cccc(C(F)(F)F)c3)c2C(N)=O)C1. The second kappa shape index (κ2) is 8.34. The van der Waals surface area contributed by atoms with Crippen molar-refractivity contribution < 1.29 is 32.3 Å². The van der Waals surface area contributed by atoms with E-state index in [4.69, 9.17) is 10.5 Å². The quantitative estimate of drug-likeness (QED) is 0.756. The van der Waals surface area contributed by atoms with E-state index in [1.54, 1.807) is 6.92 Å². The number of rotatable bonds is 4. The average Bonchev–Trinajstić information content (AvgIpc) is 3.04. The van der Waals surface area contributed by atoms with Crippen molar-refractivity contribution in [2.24, 2.45) is 5.73 Å². The van der Waals surface area contributed by atoms with E-state index in [2.05, 4.69) is 5.32 Å². The number of thiophene rings is 1. The highest BCUT2D eigenvalue weighted by Gasteiger charge is 2.32. The van der Waals surface area contributed by atoms with Crippen molar-refractivity contribution in [2.75, 3.05) is 18.5 Å². The number of ether oxygens (including phenoxy) is 1. The topological polar surface area (TPSA) is 102 Å². The summed E-state index contributed by atoms with van der Waals surface area (Å²) >= 11 is 1.06. The van der Waals surface area contributed by atoms with Crippen molar-refractivity contribution >= 4 is 34.2 Å². The van der Waals surface area contributed by atoms with Gasteiger partial charge in [-0.1, -0.05) is 6.07 Å². The van der Waals surface area contributed by atoms with Crippen LogP contribution in [0.3, 0.4) is 0 Å². The van der Waals surface area contributed by atoms with E-state index in [1.807, 2.05) is 0 Å². The Morgan fingerprint density at radius 2 is 2.03 bits per heavy atom. The maximum atomic E-state index is 12.9. The van der Waals surface area contributed by atoms with Crippen LogP contribution in [0.25, 0.3) is 0 Å². The first kappa shape index (κ1) is 21.6. The van der Waals surface area contributed by atoms with Gasteiger partial charge in [0.25, 0.3) is 11.8 Å². The van der Waals surface area contributed by atoms with Crippen molar-refractivity contribution in [3.8, 4) is 0 Å². The molecule has 2 heterocycles. The number of carbonyl (C=O) groups is 3. The maximum absolute atomic E-state index is 12.9. The fourth-order valence-electron chi connectivity index (χ4n) is 3.13. The molecule has 1 aromatic heterocycles. The Labute approximate surface area is 173 Å². The summed E-state index contributed by atoms with van der Waals surface area (Å²) in [4.78, 5) is 38.6. The molecule has 3 N–H and O–H groups in total. The molecule has 0 radical (unpaired) electrons. The number of carbonyl (C=O) groups excluding carboxylic acids is 3. The minimum absolute atomic E-state index is 0.110. The molecule has 0 saturated carbocycles. The fraction of sp³-hybridized carbons (Fsp3) is 0.316. The third-order valence-electron chi connectivity index (χ3n) is 4.51. The molecule has 1 aromatic carbocycles. The summed E-state index contributed by atoms with van der Waals surface area (Å²) in [5.41, 5.74) is 5.05. The largest absolute Gasteiger partial charge is 0.450 e. The van der Waals surface area contributed by atoms with Gasteiger partial charge in [0.2, 0.25) is 0 Å². The Morgan fingerprint density at radius 3 is 2.67 bits per heavy atom. The lowest BCUT2D eigenvalue weighted by Gasteiger charge is -2.26. The number of amides is 3. The molecule has 0 aliphatic carbocycles. The summed E-state index contributed by atoms with van der Waals surface area (Å²) in [5, 5.41) is 2.63. The van der Waals surface area contributed by atoms with Crippen LogP contribution in [0.1, 0.15) is 43.6 Å². The number of nitrogens with one attached hydrogen (secondary N) is 1. The van der Waals surface area contributed by atoms with Crippen LogP contribution >= 0.6 is 11.3 Å². The van der Waals surface area contributed by atoms with E-state index in [1.165, 1.54) is 11.0 Å². The summed E-state index contributed by atoms with van der Waals surface area (Å²) in [7, 11) is 0. The molecule has 0 fully saturated rings. The standard InChI is InChI=1S/C19H18F3N3O4S/c1-2-29-18(28)25-7-6-12-13(9-25)30-17(14(12)15(23)26)24-16(27)10-4-3-5-11(8-10)19(20,21)22/h3-5,8H,2,6-7,9H2,1H3,(H2,23,26)(H,24,27). The maximum Gasteiger partial charge on any atom is 0.416 e. The van der Waals surface area contributed by atoms with Crippen molar-refractivity contribution in [1.82, 2.24) is 4.90 Å². The molecular formula is C19H18F3N3O4S. The zero-order chi connectivity index (χ0) is 22.1. The smallest absolute Gasteiger partial charge is 0.416 e. The van der Waals surface area contributed by atoms with E-state index >= 15 is 0 Å². The molecule has 0 unspecified atom stereocenters. The molecule has 1 aliphatic rings. The van der Waals surface area contributed by atoms with Gasteiger partial charge in [-0.05, 0) is 37.1 Å². The molecular weight excluding hydrogens is 423 g/mol. The van der Waals surface area contributed by atoms with Gasteiger partial charge in [0.05, 0.1) is 24.3 Å². The number of anilines is 1. The molecule has 7 nitrogen and oxygen atoms in total. The van der Waals surface area contributed by atoms with Crippen LogP contribution in [-0.4, -0.2) is 36.0 Å². The molecule has 30 heavy (non-hydrogen) atoms. The molecule has 11 heteroatoms. The highest BCUT2D eigenvalue weighted by molar-refractivity contribution is 7.17. The Hall–Kier alpha value is -3.08. The molecule has 0 atom stereocenters. The van der Waals surface area contributed by atoms with Gasteiger partial charge in [-0.15, -0.1) is 11.3 Å². The second-order valence-electron chi connectivity index (χ2n) is 6.48. The third-order valence-corrected chi connectivity index (χ3v) is 5.64. The van der Waals surface area contributed by atoms with Crippen LogP contribution in [-0.2, 0) is 23.9 Å². The number of benzene rings is 1. The van der Waals surface area contributed by atoms with Crippen molar-refractivity contribution in [1.29, 1.82) is 0 Å². The van der Waals surface area contributed by atoms with Crippen LogP contribution in [0.2, 0.25) is 0 Å². The van der Waals surface area contributed by atoms with Gasteiger partial charge in [-0.2, -0.15) is 13.2 Å². The van der Waals surface area contributed by atoms with Crippen LogP contribution < -0.4 is 11.1 Å². The number of hydrogen-bond donors (Lipinski definition) is 2. The summed E-state index contributed by atoms with van der Waals surface area (Å²) in [6.07, 6.45) is -4.75. The number of halogens is 3. The number of nitrogens with zero attached hydrogens (tertiary/aromatic N) is 1. The zero-order valence-electron chi connectivity index (χ0n) is 15.8. The molecule has 1 aliphatic heterocycles. The fourth-order valence-corrected chi connectivity index (χ4v) is 4.40. The third kappa shape index (κ3) is 4.40. The highest BCUT2D eigenvalue weighted by atomic mass is 32.1. The molecule has 0 spiro atoms. The summed E-state index contributed by atoms with van der Waals surface area (Å²) in [5.74, 6) is -1.57. The van der Waals surface area contributed by atoms with Crippen LogP contribution in [0.4, 0.5) is 23.0 Å². The molecule has 0 bridgehead atoms. The van der Waals surface area contributed by atoms with Gasteiger partial charge >= 0.3 is 12.3 Å². The number of primary amides is 1. The number of alkyl halides is 3. The second-order valence-corrected chi connectivity index (χ2v) is 7.58. The first-order chi connectivity index (χ1) is 14.1. The molecule has 3 amide bonds. The van der Waals surface area contributed by atoms with E-state index in [0.717, 1.165) is 29.5 Å². The monoisotopic (exact) mass is 441 g/mol. The van der Waals surface area contributed by atoms with Crippen LogP contribution in [0, 0.1) is 0 Å². The molecule has 2 aromatic rings. The highest BCUT2D eigenvalue weighted by Crippen LogP contribution is 2.37. The van der Waals surface area contributed by atoms with E-state index in [0.29, 0.717) is 23.4 Å². The van der Waals surface area contributed by atoms with Crippen LogP contribution in [0.15, 0.2) is 24.3 Å². The molecule has 3 rings (SSSR count). The first-order valence-corrected chi connectivity index (χ1v) is 9.78. The Kier molecular flexibility index (Phi) is 6.01. The van der Waals surface area contributed by atoms with Gasteiger partial charge in [-0.3, -0.25) is 9.59 Å². The number of fused-ring (bicyclic) bond motifs is 1. The minimum Gasteiger partial charge on any atom is -0.450 e. The lowest BCUT2D eigenvalue weighted by atomic mass is 10.0. The Bertz CT molecular complexity index is 1000. The lowest BCUT2D eigenvalue weighted by Crippen LogP contribution is -2.36. The van der Waals surface area contributed by atoms with E-state index < -0.39 is 29.6 Å². The summed E-state index contributed by atoms with van der Waals surface area (Å²) in [6.45, 7) is 2.39. The normalized spacial score (nSPS) is 13.5. The summed E-state index contributed by atoms with van der Waals surface area (Å²) < 4.78 is 43.7. The van der Waals surface area contributed by atoms with E-state index in [-0.39, 0.29) is 29.3 Å². The number of hydrogen-bond acceptors (Lipinski definition) is 5. The first-order valence-electron chi connectivity index (χ1n) is 8.96. The van der Waals surface area contributed by atoms with Gasteiger partial charge in [0.15, 0.2) is 0 Å². The predicted molar refractivity (Wildman–Crippen MR) is 103 cm³/mol. The predicted octanol–water partition coefficient (Wildman–Crippen LogP) is 3.63. The Balaban J connectivity index is 1.88. The van der Waals surface area contributed by atoms with E-state index in [9.17, 15) is 27.6 Å². The summed E-state index contributed by atoms with van der Waals surface area (Å²) in [6, 6.07) is 3.96. The van der Waals surface area contributed by atoms with Crippen LogP contribution in [0.5, 0.6) is 0 Å². The number of nitrogens with two attached hydrogens (primary N) is 1. The van der Waals surface area contributed by atoms with Crippen molar-refractivity contribution in [2.45, 2.75) is 26.1 Å². The van der Waals surface area contributed by atoms with Gasteiger partial charge in [-0.25, -0.2) is 4.79 Å². The Morgan fingerprint density at radius 1 is 1.30 bits per heavy atom. The van der Waals surface area contributed by atoms with Crippen molar-refractivity contribution in [3.05, 3.63) is 51.4 Å². The zero-order valence-corrected chi connectivity index (χ0v) is 16.7. The van der Waals surface area contributed by atoms with Gasteiger partial charge < -0.3 is 20.7 Å². The lowest BCUT2D eigenvalue weighted by molar-refractivity contribution is -0.137. The minimum atomic E-state index is -4.59. The molecule has 0 saturated heterocycles. The van der Waals surface area contributed by atoms with Gasteiger partial charge in [0, 0.05) is 17.0 Å².